The number of carbonyl (C=O) groups excluding carboxylic acids is 1. The molecule has 0 aliphatic carbocycles. The second-order valence-electron chi connectivity index (χ2n) is 4.76. The van der Waals surface area contributed by atoms with Crippen molar-refractivity contribution in [3.63, 3.8) is 0 Å². The molecule has 1 aromatic carbocycles. The van der Waals surface area contributed by atoms with Crippen LogP contribution in [0.2, 0.25) is 10.0 Å². The third kappa shape index (κ3) is 4.75. The van der Waals surface area contributed by atoms with Gasteiger partial charge < -0.3 is 10.6 Å². The lowest BCUT2D eigenvalue weighted by atomic mass is 10.0. The minimum Gasteiger partial charge on any atom is -0.375 e. The Morgan fingerprint density at radius 3 is 2.56 bits per heavy atom. The molecule has 2 N–H and O–H groups in total. The van der Waals surface area contributed by atoms with E-state index in [9.17, 15) is 4.79 Å². The van der Waals surface area contributed by atoms with E-state index in [0.717, 1.165) is 6.42 Å². The lowest BCUT2D eigenvalue weighted by molar-refractivity contribution is -0.121. The molecule has 1 aromatic rings. The fourth-order valence-corrected chi connectivity index (χ4v) is 1.79. The molecule has 0 fully saturated rings. The van der Waals surface area contributed by atoms with Gasteiger partial charge in [0.25, 0.3) is 0 Å². The Labute approximate surface area is 118 Å². The van der Waals surface area contributed by atoms with E-state index in [1.807, 2.05) is 20.8 Å². The summed E-state index contributed by atoms with van der Waals surface area (Å²) < 4.78 is 0. The predicted octanol–water partition coefficient (Wildman–Crippen LogP) is 3.71. The van der Waals surface area contributed by atoms with Crippen molar-refractivity contribution >= 4 is 34.8 Å². The lowest BCUT2D eigenvalue weighted by Crippen LogP contribution is -2.45. The Kier molecular flexibility index (Phi) is 5.29. The summed E-state index contributed by atoms with van der Waals surface area (Å²) in [6, 6.07) is 5.12. The zero-order chi connectivity index (χ0) is 13.8. The zero-order valence-corrected chi connectivity index (χ0v) is 12.3. The minimum atomic E-state index is -0.192. The predicted molar refractivity (Wildman–Crippen MR) is 77.5 cm³/mol. The summed E-state index contributed by atoms with van der Waals surface area (Å²) in [5.41, 5.74) is 0.508. The maximum Gasteiger partial charge on any atom is 0.239 e. The molecule has 0 heterocycles. The molecule has 0 aliphatic heterocycles. The Balaban J connectivity index is 2.53. The van der Waals surface area contributed by atoms with Crippen LogP contribution < -0.4 is 10.6 Å². The van der Waals surface area contributed by atoms with Gasteiger partial charge in [-0.3, -0.25) is 4.79 Å². The van der Waals surface area contributed by atoms with E-state index in [1.165, 1.54) is 0 Å². The minimum absolute atomic E-state index is 0.0622. The van der Waals surface area contributed by atoms with Crippen LogP contribution in [0.4, 0.5) is 5.69 Å². The van der Waals surface area contributed by atoms with Gasteiger partial charge in [-0.05, 0) is 38.5 Å². The molecule has 0 atom stereocenters. The maximum absolute atomic E-state index is 11.7. The van der Waals surface area contributed by atoms with Crippen LogP contribution in [0.15, 0.2) is 18.2 Å². The number of rotatable bonds is 5. The monoisotopic (exact) mass is 288 g/mol. The van der Waals surface area contributed by atoms with E-state index in [2.05, 4.69) is 10.6 Å². The van der Waals surface area contributed by atoms with Crippen molar-refractivity contribution in [2.45, 2.75) is 32.7 Å². The molecule has 100 valence electrons. The fourth-order valence-electron chi connectivity index (χ4n) is 1.32. The first kappa shape index (κ1) is 15.1. The number of hydrogen-bond donors (Lipinski definition) is 2. The second-order valence-corrected chi connectivity index (χ2v) is 5.61. The van der Waals surface area contributed by atoms with Crippen molar-refractivity contribution in [3.8, 4) is 0 Å². The number of hydrogen-bond acceptors (Lipinski definition) is 2. The van der Waals surface area contributed by atoms with Gasteiger partial charge in [-0.2, -0.15) is 0 Å². The van der Waals surface area contributed by atoms with E-state index in [1.54, 1.807) is 18.2 Å². The summed E-state index contributed by atoms with van der Waals surface area (Å²) in [5, 5.41) is 7.00. The van der Waals surface area contributed by atoms with E-state index in [0.29, 0.717) is 15.7 Å². The molecular weight excluding hydrogens is 271 g/mol. The van der Waals surface area contributed by atoms with Gasteiger partial charge in [0.1, 0.15) is 0 Å². The van der Waals surface area contributed by atoms with Crippen LogP contribution in [0.25, 0.3) is 0 Å². The first-order chi connectivity index (χ1) is 8.34. The van der Waals surface area contributed by atoms with Gasteiger partial charge in [-0.1, -0.05) is 30.1 Å². The molecule has 0 saturated carbocycles. The van der Waals surface area contributed by atoms with Crippen molar-refractivity contribution in [3.05, 3.63) is 28.2 Å². The molecule has 1 rings (SSSR count). The van der Waals surface area contributed by atoms with Crippen molar-refractivity contribution in [1.29, 1.82) is 0 Å². The summed E-state index contributed by atoms with van der Waals surface area (Å²) in [7, 11) is 0. The van der Waals surface area contributed by atoms with Crippen molar-refractivity contribution in [2.24, 2.45) is 0 Å². The molecule has 0 spiro atoms. The summed E-state index contributed by atoms with van der Waals surface area (Å²) in [6.45, 7) is 6.19. The maximum atomic E-state index is 11.7. The Bertz CT molecular complexity index is 433. The van der Waals surface area contributed by atoms with Crippen LogP contribution in [-0.4, -0.2) is 18.0 Å². The quantitative estimate of drug-likeness (QED) is 0.867. The first-order valence-corrected chi connectivity index (χ1v) is 6.59. The molecule has 0 saturated heterocycles. The van der Waals surface area contributed by atoms with Crippen molar-refractivity contribution < 1.29 is 4.79 Å². The highest BCUT2D eigenvalue weighted by molar-refractivity contribution is 6.36. The summed E-state index contributed by atoms with van der Waals surface area (Å²) in [5.74, 6) is -0.0622. The van der Waals surface area contributed by atoms with E-state index < -0.39 is 0 Å². The standard InChI is InChI=1S/C13H18Cl2N2O/c1-4-13(2,3)17-12(18)8-16-11-6-5-9(14)7-10(11)15/h5-7,16H,4,8H2,1-3H3,(H,17,18). The van der Waals surface area contributed by atoms with Crippen molar-refractivity contribution in [1.82, 2.24) is 5.32 Å². The molecule has 1 amide bonds. The largest absolute Gasteiger partial charge is 0.375 e. The van der Waals surface area contributed by atoms with Crippen LogP contribution in [0.5, 0.6) is 0 Å². The smallest absolute Gasteiger partial charge is 0.239 e. The average Bonchev–Trinajstić information content (AvgIpc) is 2.27. The van der Waals surface area contributed by atoms with Gasteiger partial charge in [0.2, 0.25) is 5.91 Å². The van der Waals surface area contributed by atoms with Gasteiger partial charge >= 0.3 is 0 Å². The Morgan fingerprint density at radius 2 is 2.00 bits per heavy atom. The highest BCUT2D eigenvalue weighted by atomic mass is 35.5. The van der Waals surface area contributed by atoms with Crippen LogP contribution in [0, 0.1) is 0 Å². The van der Waals surface area contributed by atoms with Gasteiger partial charge in [-0.25, -0.2) is 0 Å². The van der Waals surface area contributed by atoms with E-state index in [4.69, 9.17) is 23.2 Å². The third-order valence-electron chi connectivity index (χ3n) is 2.73. The molecule has 0 aromatic heterocycles. The van der Waals surface area contributed by atoms with Crippen LogP contribution >= 0.6 is 23.2 Å². The Hall–Kier alpha value is -0.930. The van der Waals surface area contributed by atoms with Gasteiger partial charge in [0.05, 0.1) is 17.3 Å². The summed E-state index contributed by atoms with van der Waals surface area (Å²) in [4.78, 5) is 11.7. The van der Waals surface area contributed by atoms with Crippen molar-refractivity contribution in [2.75, 3.05) is 11.9 Å². The second kappa shape index (κ2) is 6.30. The number of amides is 1. The van der Waals surface area contributed by atoms with Gasteiger partial charge in [0.15, 0.2) is 0 Å². The topological polar surface area (TPSA) is 41.1 Å². The fraction of sp³-hybridized carbons (Fsp3) is 0.462. The van der Waals surface area contributed by atoms with Gasteiger partial charge in [0, 0.05) is 10.6 Å². The molecule has 0 aliphatic rings. The highest BCUT2D eigenvalue weighted by Crippen LogP contribution is 2.25. The summed E-state index contributed by atoms with van der Waals surface area (Å²) >= 11 is 11.8. The number of halogens is 2. The lowest BCUT2D eigenvalue weighted by Gasteiger charge is -2.24. The normalized spacial score (nSPS) is 11.2. The molecule has 0 bridgehead atoms. The molecule has 5 heteroatoms. The number of carbonyl (C=O) groups is 1. The number of nitrogens with one attached hydrogen (secondary N) is 2. The van der Waals surface area contributed by atoms with Gasteiger partial charge in [-0.15, -0.1) is 0 Å². The van der Waals surface area contributed by atoms with Crippen LogP contribution in [0.1, 0.15) is 27.2 Å². The molecule has 0 radical (unpaired) electrons. The number of benzene rings is 1. The number of anilines is 1. The molecular formula is C13H18Cl2N2O. The summed E-state index contributed by atoms with van der Waals surface area (Å²) in [6.07, 6.45) is 0.875. The zero-order valence-electron chi connectivity index (χ0n) is 10.8. The average molecular weight is 289 g/mol. The molecule has 0 unspecified atom stereocenters. The van der Waals surface area contributed by atoms with Crippen LogP contribution in [-0.2, 0) is 4.79 Å². The van der Waals surface area contributed by atoms with E-state index >= 15 is 0 Å². The molecule has 3 nitrogen and oxygen atoms in total. The first-order valence-electron chi connectivity index (χ1n) is 5.84. The highest BCUT2D eigenvalue weighted by Gasteiger charge is 2.17. The third-order valence-corrected chi connectivity index (χ3v) is 3.28. The van der Waals surface area contributed by atoms with E-state index in [-0.39, 0.29) is 18.0 Å². The SMILES string of the molecule is CCC(C)(C)NC(=O)CNc1ccc(Cl)cc1Cl. The van der Waals surface area contributed by atoms with Crippen LogP contribution in [0.3, 0.4) is 0 Å². The Morgan fingerprint density at radius 1 is 1.33 bits per heavy atom. The molecule has 18 heavy (non-hydrogen) atoms.